The summed E-state index contributed by atoms with van der Waals surface area (Å²) >= 11 is 7.67. The molecule has 4 aromatic rings. The fraction of sp³-hybridized carbons (Fsp3) is 0.208. The van der Waals surface area contributed by atoms with Gasteiger partial charge >= 0.3 is 5.97 Å². The third-order valence-electron chi connectivity index (χ3n) is 4.89. The van der Waals surface area contributed by atoms with Gasteiger partial charge in [0.2, 0.25) is 0 Å². The zero-order valence-electron chi connectivity index (χ0n) is 17.3. The lowest BCUT2D eigenvalue weighted by Crippen LogP contribution is -2.19. The summed E-state index contributed by atoms with van der Waals surface area (Å²) in [5.74, 6) is -0.225. The van der Waals surface area contributed by atoms with Crippen LogP contribution in [0.15, 0.2) is 72.1 Å². The van der Waals surface area contributed by atoms with Crippen molar-refractivity contribution < 1.29 is 9.53 Å². The Morgan fingerprint density at radius 3 is 2.65 bits per heavy atom. The zero-order valence-corrected chi connectivity index (χ0v) is 18.9. The predicted octanol–water partition coefficient (Wildman–Crippen LogP) is 6.17. The molecule has 0 fully saturated rings. The van der Waals surface area contributed by atoms with Gasteiger partial charge in [0.1, 0.15) is 22.3 Å². The minimum Gasteiger partial charge on any atom is -0.465 e. The average Bonchev–Trinajstić information content (AvgIpc) is 3.19. The minimum absolute atomic E-state index is 0.225. The number of rotatable bonds is 7. The Hall–Kier alpha value is -2.83. The van der Waals surface area contributed by atoms with Crippen LogP contribution >= 0.6 is 23.4 Å². The van der Waals surface area contributed by atoms with Gasteiger partial charge < -0.3 is 9.30 Å². The van der Waals surface area contributed by atoms with Crippen LogP contribution in [0.4, 0.5) is 0 Å². The van der Waals surface area contributed by atoms with Gasteiger partial charge in [-0.2, -0.15) is 0 Å². The second kappa shape index (κ2) is 9.54. The smallest absolute Gasteiger partial charge is 0.319 e. The lowest BCUT2D eigenvalue weighted by Gasteiger charge is -2.13. The summed E-state index contributed by atoms with van der Waals surface area (Å²) in [6.07, 6.45) is 4.23. The Morgan fingerprint density at radius 1 is 1.13 bits per heavy atom. The third kappa shape index (κ3) is 4.45. The van der Waals surface area contributed by atoms with E-state index >= 15 is 0 Å². The Kier molecular flexibility index (Phi) is 6.59. The van der Waals surface area contributed by atoms with E-state index in [0.29, 0.717) is 18.1 Å². The molecule has 0 saturated heterocycles. The highest BCUT2D eigenvalue weighted by Crippen LogP contribution is 2.38. The number of aromatic nitrogens is 3. The van der Waals surface area contributed by atoms with Crippen molar-refractivity contribution in [1.82, 2.24) is 14.5 Å². The number of carbonyl (C=O) groups excluding carboxylic acids is 1. The molecule has 0 amide bonds. The molecule has 2 aromatic heterocycles. The maximum Gasteiger partial charge on any atom is 0.319 e. The van der Waals surface area contributed by atoms with Gasteiger partial charge in [0.25, 0.3) is 0 Å². The van der Waals surface area contributed by atoms with Crippen molar-refractivity contribution in [3.05, 3.63) is 72.1 Å². The van der Waals surface area contributed by atoms with Crippen molar-refractivity contribution in [2.24, 2.45) is 0 Å². The molecule has 0 aliphatic carbocycles. The van der Waals surface area contributed by atoms with Gasteiger partial charge in [0.05, 0.1) is 12.0 Å². The third-order valence-corrected chi connectivity index (χ3v) is 6.47. The van der Waals surface area contributed by atoms with Crippen LogP contribution in [0.25, 0.3) is 27.8 Å². The number of hydrogen-bond acceptors (Lipinski definition) is 5. The van der Waals surface area contributed by atoms with Gasteiger partial charge in [-0.15, -0.1) is 0 Å². The summed E-state index contributed by atoms with van der Waals surface area (Å²) in [7, 11) is 0. The second-order valence-electron chi connectivity index (χ2n) is 6.90. The van der Waals surface area contributed by atoms with E-state index in [4.69, 9.17) is 16.3 Å². The molecular formula is C24H22ClN3O2S. The molecule has 2 aromatic carbocycles. The van der Waals surface area contributed by atoms with Crippen molar-refractivity contribution in [3.63, 3.8) is 0 Å². The molecule has 1 atom stereocenters. The number of esters is 1. The van der Waals surface area contributed by atoms with Crippen LogP contribution in [0.5, 0.6) is 0 Å². The highest BCUT2D eigenvalue weighted by molar-refractivity contribution is 8.00. The van der Waals surface area contributed by atoms with Gasteiger partial charge in [0, 0.05) is 22.5 Å². The van der Waals surface area contributed by atoms with E-state index in [2.05, 4.69) is 28.3 Å². The number of benzene rings is 2. The molecule has 31 heavy (non-hydrogen) atoms. The van der Waals surface area contributed by atoms with Gasteiger partial charge in [-0.1, -0.05) is 66.7 Å². The Morgan fingerprint density at radius 2 is 1.94 bits per heavy atom. The molecule has 0 bridgehead atoms. The van der Waals surface area contributed by atoms with Crippen molar-refractivity contribution in [2.75, 3.05) is 6.61 Å². The average molecular weight is 452 g/mol. The van der Waals surface area contributed by atoms with Gasteiger partial charge in [0.15, 0.2) is 0 Å². The van der Waals surface area contributed by atoms with Crippen molar-refractivity contribution in [2.45, 2.75) is 30.5 Å². The fourth-order valence-corrected chi connectivity index (χ4v) is 4.66. The van der Waals surface area contributed by atoms with Crippen LogP contribution in [0.1, 0.15) is 20.3 Å². The topological polar surface area (TPSA) is 57.0 Å². The van der Waals surface area contributed by atoms with E-state index in [1.54, 1.807) is 6.33 Å². The lowest BCUT2D eigenvalue weighted by atomic mass is 10.1. The molecule has 0 N–H and O–H groups in total. The normalized spacial score (nSPS) is 12.1. The van der Waals surface area contributed by atoms with Crippen molar-refractivity contribution >= 4 is 40.4 Å². The molecule has 2 heterocycles. The molecule has 0 saturated carbocycles. The quantitative estimate of drug-likeness (QED) is 0.191. The number of nitrogens with zero attached hydrogens (tertiary/aromatic N) is 3. The van der Waals surface area contributed by atoms with E-state index in [0.717, 1.165) is 32.9 Å². The van der Waals surface area contributed by atoms with E-state index in [1.165, 1.54) is 11.8 Å². The Labute approximate surface area is 190 Å². The number of carbonyl (C=O) groups is 1. The first kappa shape index (κ1) is 21.4. The van der Waals surface area contributed by atoms with Gasteiger partial charge in [-0.25, -0.2) is 9.97 Å². The van der Waals surface area contributed by atoms with Crippen LogP contribution < -0.4 is 0 Å². The van der Waals surface area contributed by atoms with E-state index in [-0.39, 0.29) is 11.2 Å². The highest BCUT2D eigenvalue weighted by atomic mass is 35.5. The second-order valence-corrected chi connectivity index (χ2v) is 8.53. The van der Waals surface area contributed by atoms with Gasteiger partial charge in [-0.05, 0) is 37.1 Å². The Balaban J connectivity index is 1.91. The molecular weight excluding hydrogens is 430 g/mol. The van der Waals surface area contributed by atoms with Crippen LogP contribution in [-0.2, 0) is 9.53 Å². The number of halogens is 1. The number of hydrogen-bond donors (Lipinski definition) is 0. The largest absolute Gasteiger partial charge is 0.465 e. The predicted molar refractivity (Wildman–Crippen MR) is 126 cm³/mol. The molecule has 0 unspecified atom stereocenters. The van der Waals surface area contributed by atoms with E-state index in [9.17, 15) is 4.79 Å². The maximum absolute atomic E-state index is 12.4. The standard InChI is InChI=1S/C24H22ClN3O2S/c1-3-20(24(29)30-4-2)31-23-21-19(16-9-6-5-7-10-16)14-28(22(21)26-15-27-23)18-12-8-11-17(25)13-18/h5-15,20H,3-4H2,1-2H3/t20-/m1/s1. The van der Waals surface area contributed by atoms with Crippen LogP contribution in [0.3, 0.4) is 0 Å². The van der Waals surface area contributed by atoms with Crippen molar-refractivity contribution in [3.8, 4) is 16.8 Å². The summed E-state index contributed by atoms with van der Waals surface area (Å²) in [4.78, 5) is 21.6. The molecule has 5 nitrogen and oxygen atoms in total. The number of ether oxygens (including phenoxy) is 1. The summed E-state index contributed by atoms with van der Waals surface area (Å²) in [5.41, 5.74) is 3.72. The number of thioether (sulfide) groups is 1. The minimum atomic E-state index is -0.337. The summed E-state index contributed by atoms with van der Waals surface area (Å²) in [6, 6.07) is 17.7. The Bertz CT molecular complexity index is 1210. The lowest BCUT2D eigenvalue weighted by molar-refractivity contribution is -0.142. The van der Waals surface area contributed by atoms with Crippen molar-refractivity contribution in [1.29, 1.82) is 0 Å². The van der Waals surface area contributed by atoms with E-state index in [1.807, 2.05) is 60.9 Å². The molecule has 0 aliphatic rings. The molecule has 0 radical (unpaired) electrons. The van der Waals surface area contributed by atoms with Crippen LogP contribution in [0, 0.1) is 0 Å². The molecule has 7 heteroatoms. The molecule has 0 aliphatic heterocycles. The summed E-state index contributed by atoms with van der Waals surface area (Å²) in [5, 5.41) is 1.97. The summed E-state index contributed by atoms with van der Waals surface area (Å²) in [6.45, 7) is 4.15. The zero-order chi connectivity index (χ0) is 21.8. The van der Waals surface area contributed by atoms with Crippen LogP contribution in [0.2, 0.25) is 5.02 Å². The first-order valence-corrected chi connectivity index (χ1v) is 11.4. The SMILES string of the molecule is CCOC(=O)[C@@H](CC)Sc1ncnc2c1c(-c1ccccc1)cn2-c1cccc(Cl)c1. The molecule has 158 valence electrons. The van der Waals surface area contributed by atoms with E-state index < -0.39 is 0 Å². The molecule has 4 rings (SSSR count). The first-order valence-electron chi connectivity index (χ1n) is 10.1. The van der Waals surface area contributed by atoms with Gasteiger partial charge in [-0.3, -0.25) is 4.79 Å². The first-order chi connectivity index (χ1) is 15.1. The van der Waals surface area contributed by atoms with Crippen LogP contribution in [-0.4, -0.2) is 32.4 Å². The number of fused-ring (bicyclic) bond motifs is 1. The molecule has 0 spiro atoms. The maximum atomic E-state index is 12.4. The monoisotopic (exact) mass is 451 g/mol. The highest BCUT2D eigenvalue weighted by Gasteiger charge is 2.24. The summed E-state index contributed by atoms with van der Waals surface area (Å²) < 4.78 is 7.27. The fourth-order valence-electron chi connectivity index (χ4n) is 3.45.